The maximum Gasteiger partial charge on any atom is 0.136 e. The van der Waals surface area contributed by atoms with Gasteiger partial charge in [-0.2, -0.15) is 0 Å². The second kappa shape index (κ2) is 7.71. The molecule has 0 radical (unpaired) electrons. The number of aryl methyl sites for hydroxylation is 2. The number of aromatic nitrogens is 3. The lowest BCUT2D eigenvalue weighted by atomic mass is 9.96. The first-order valence-electron chi connectivity index (χ1n) is 8.78. The van der Waals surface area contributed by atoms with Crippen LogP contribution in [0.5, 0.6) is 0 Å². The predicted molar refractivity (Wildman–Crippen MR) is 97.3 cm³/mol. The number of anilines is 1. The Hall–Kier alpha value is -2.01. The van der Waals surface area contributed by atoms with Crippen LogP contribution in [0, 0.1) is 6.92 Å². The lowest BCUT2D eigenvalue weighted by Gasteiger charge is -2.29. The number of pyridine rings is 1. The SMILES string of the molecule is Cc1nc2c(c(N(CCN(C)C)Cc3cccnc3)n1)CCCC2. The summed E-state index contributed by atoms with van der Waals surface area (Å²) in [6, 6.07) is 4.14. The van der Waals surface area contributed by atoms with Gasteiger partial charge < -0.3 is 9.80 Å². The number of rotatable bonds is 6. The van der Waals surface area contributed by atoms with Crippen molar-refractivity contribution in [3.8, 4) is 0 Å². The molecule has 0 bridgehead atoms. The van der Waals surface area contributed by atoms with Gasteiger partial charge in [-0.25, -0.2) is 9.97 Å². The molecule has 0 N–H and O–H groups in total. The second-order valence-corrected chi connectivity index (χ2v) is 6.81. The summed E-state index contributed by atoms with van der Waals surface area (Å²) in [5, 5.41) is 0. The summed E-state index contributed by atoms with van der Waals surface area (Å²) in [4.78, 5) is 18.4. The zero-order valence-electron chi connectivity index (χ0n) is 15.0. The van der Waals surface area contributed by atoms with Gasteiger partial charge in [-0.05, 0) is 58.3 Å². The van der Waals surface area contributed by atoms with Crippen LogP contribution in [0.2, 0.25) is 0 Å². The first-order chi connectivity index (χ1) is 11.6. The van der Waals surface area contributed by atoms with Gasteiger partial charge in [0.05, 0.1) is 0 Å². The van der Waals surface area contributed by atoms with Crippen molar-refractivity contribution < 1.29 is 0 Å². The van der Waals surface area contributed by atoms with Crippen LogP contribution in [0.4, 0.5) is 5.82 Å². The highest BCUT2D eigenvalue weighted by Crippen LogP contribution is 2.28. The van der Waals surface area contributed by atoms with E-state index in [0.29, 0.717) is 0 Å². The molecular formula is C19H27N5. The van der Waals surface area contributed by atoms with E-state index in [1.165, 1.54) is 29.7 Å². The Morgan fingerprint density at radius 1 is 1.08 bits per heavy atom. The van der Waals surface area contributed by atoms with Crippen LogP contribution in [0.3, 0.4) is 0 Å². The minimum Gasteiger partial charge on any atom is -0.351 e. The maximum absolute atomic E-state index is 4.84. The summed E-state index contributed by atoms with van der Waals surface area (Å²) in [7, 11) is 4.23. The topological polar surface area (TPSA) is 45.2 Å². The Labute approximate surface area is 144 Å². The third-order valence-corrected chi connectivity index (χ3v) is 4.49. The van der Waals surface area contributed by atoms with Crippen molar-refractivity contribution >= 4 is 5.82 Å². The molecule has 5 heteroatoms. The monoisotopic (exact) mass is 325 g/mol. The molecule has 2 aromatic heterocycles. The van der Waals surface area contributed by atoms with E-state index in [-0.39, 0.29) is 0 Å². The van der Waals surface area contributed by atoms with Gasteiger partial charge in [0.1, 0.15) is 11.6 Å². The Bertz CT molecular complexity index is 669. The van der Waals surface area contributed by atoms with E-state index in [2.05, 4.69) is 34.9 Å². The molecule has 0 amide bonds. The average Bonchev–Trinajstić information content (AvgIpc) is 2.58. The molecule has 2 heterocycles. The summed E-state index contributed by atoms with van der Waals surface area (Å²) in [5.41, 5.74) is 3.83. The fraction of sp³-hybridized carbons (Fsp3) is 0.526. The number of nitrogens with zero attached hydrogens (tertiary/aromatic N) is 5. The summed E-state index contributed by atoms with van der Waals surface area (Å²) in [5.74, 6) is 2.01. The molecule has 0 spiro atoms. The molecule has 0 saturated carbocycles. The van der Waals surface area contributed by atoms with Crippen molar-refractivity contribution in [2.24, 2.45) is 0 Å². The molecule has 128 valence electrons. The van der Waals surface area contributed by atoms with E-state index in [4.69, 9.17) is 9.97 Å². The normalized spacial score (nSPS) is 13.8. The van der Waals surface area contributed by atoms with Gasteiger partial charge in [0.15, 0.2) is 0 Å². The van der Waals surface area contributed by atoms with Crippen LogP contribution in [0.1, 0.15) is 35.5 Å². The van der Waals surface area contributed by atoms with Crippen LogP contribution in [0.25, 0.3) is 0 Å². The summed E-state index contributed by atoms with van der Waals surface area (Å²) in [6.45, 7) is 4.79. The van der Waals surface area contributed by atoms with E-state index in [9.17, 15) is 0 Å². The molecule has 3 rings (SSSR count). The van der Waals surface area contributed by atoms with Crippen LogP contribution in [-0.4, -0.2) is 47.0 Å². The summed E-state index contributed by atoms with van der Waals surface area (Å²) >= 11 is 0. The van der Waals surface area contributed by atoms with Crippen molar-refractivity contribution in [2.75, 3.05) is 32.1 Å². The molecule has 0 fully saturated rings. The van der Waals surface area contributed by atoms with Crippen molar-refractivity contribution in [3.63, 3.8) is 0 Å². The Morgan fingerprint density at radius 3 is 2.67 bits per heavy atom. The molecule has 0 atom stereocenters. The molecule has 2 aromatic rings. The largest absolute Gasteiger partial charge is 0.351 e. The van der Waals surface area contributed by atoms with Gasteiger partial charge >= 0.3 is 0 Å². The van der Waals surface area contributed by atoms with Gasteiger partial charge in [0, 0.05) is 43.3 Å². The zero-order chi connectivity index (χ0) is 16.9. The molecule has 0 aliphatic heterocycles. The van der Waals surface area contributed by atoms with Gasteiger partial charge in [-0.15, -0.1) is 0 Å². The van der Waals surface area contributed by atoms with E-state index >= 15 is 0 Å². The van der Waals surface area contributed by atoms with Crippen molar-refractivity contribution in [3.05, 3.63) is 47.2 Å². The van der Waals surface area contributed by atoms with Gasteiger partial charge in [-0.1, -0.05) is 6.07 Å². The lowest BCUT2D eigenvalue weighted by molar-refractivity contribution is 0.411. The van der Waals surface area contributed by atoms with Crippen molar-refractivity contribution in [2.45, 2.75) is 39.2 Å². The lowest BCUT2D eigenvalue weighted by Crippen LogP contribution is -2.33. The van der Waals surface area contributed by atoms with Crippen LogP contribution in [-0.2, 0) is 19.4 Å². The molecular weight excluding hydrogens is 298 g/mol. The van der Waals surface area contributed by atoms with Crippen molar-refractivity contribution in [1.29, 1.82) is 0 Å². The fourth-order valence-corrected chi connectivity index (χ4v) is 3.25. The summed E-state index contributed by atoms with van der Waals surface area (Å²) < 4.78 is 0. The smallest absolute Gasteiger partial charge is 0.136 e. The van der Waals surface area contributed by atoms with Gasteiger partial charge in [-0.3, -0.25) is 4.98 Å². The van der Waals surface area contributed by atoms with E-state index in [1.807, 2.05) is 25.4 Å². The van der Waals surface area contributed by atoms with E-state index in [1.54, 1.807) is 0 Å². The molecule has 0 aromatic carbocycles. The molecule has 1 aliphatic rings. The highest BCUT2D eigenvalue weighted by atomic mass is 15.2. The number of likely N-dealkylation sites (N-methyl/N-ethyl adjacent to an activating group) is 1. The van der Waals surface area contributed by atoms with Crippen molar-refractivity contribution in [1.82, 2.24) is 19.9 Å². The molecule has 1 aliphatic carbocycles. The Morgan fingerprint density at radius 2 is 1.92 bits per heavy atom. The third-order valence-electron chi connectivity index (χ3n) is 4.49. The average molecular weight is 325 g/mol. The third kappa shape index (κ3) is 4.09. The van der Waals surface area contributed by atoms with Crippen LogP contribution >= 0.6 is 0 Å². The molecule has 0 saturated heterocycles. The molecule has 0 unspecified atom stereocenters. The molecule has 5 nitrogen and oxygen atoms in total. The number of hydrogen-bond donors (Lipinski definition) is 0. The van der Waals surface area contributed by atoms with Gasteiger partial charge in [0.2, 0.25) is 0 Å². The zero-order valence-corrected chi connectivity index (χ0v) is 15.0. The van der Waals surface area contributed by atoms with E-state index in [0.717, 1.165) is 44.1 Å². The number of hydrogen-bond acceptors (Lipinski definition) is 5. The maximum atomic E-state index is 4.84. The highest BCUT2D eigenvalue weighted by Gasteiger charge is 2.21. The standard InChI is InChI=1S/C19H27N5/c1-15-21-18-9-5-4-8-17(18)19(22-15)24(12-11-23(2)3)14-16-7-6-10-20-13-16/h6-7,10,13H,4-5,8-9,11-12,14H2,1-3H3. The van der Waals surface area contributed by atoms with E-state index < -0.39 is 0 Å². The molecule has 24 heavy (non-hydrogen) atoms. The quantitative estimate of drug-likeness (QED) is 0.817. The van der Waals surface area contributed by atoms with Gasteiger partial charge in [0.25, 0.3) is 0 Å². The van der Waals surface area contributed by atoms with Crippen LogP contribution < -0.4 is 4.90 Å². The first-order valence-corrected chi connectivity index (χ1v) is 8.78. The predicted octanol–water partition coefficient (Wildman–Crippen LogP) is 2.63. The first kappa shape index (κ1) is 16.8. The highest BCUT2D eigenvalue weighted by molar-refractivity contribution is 5.50. The summed E-state index contributed by atoms with van der Waals surface area (Å²) in [6.07, 6.45) is 8.42. The number of fused-ring (bicyclic) bond motifs is 1. The van der Waals surface area contributed by atoms with Crippen LogP contribution in [0.15, 0.2) is 24.5 Å². The minimum atomic E-state index is 0.838. The second-order valence-electron chi connectivity index (χ2n) is 6.81. The fourth-order valence-electron chi connectivity index (χ4n) is 3.25. The minimum absolute atomic E-state index is 0.838. The Balaban J connectivity index is 1.93. The Kier molecular flexibility index (Phi) is 5.41.